The fourth-order valence-electron chi connectivity index (χ4n) is 3.82. The first-order valence-electron chi connectivity index (χ1n) is 9.90. The molecule has 0 atom stereocenters. The summed E-state index contributed by atoms with van der Waals surface area (Å²) >= 11 is 0. The third kappa shape index (κ3) is 4.33. The van der Waals surface area contributed by atoms with Crippen molar-refractivity contribution in [1.29, 1.82) is 0 Å². The molecule has 1 saturated carbocycles. The van der Waals surface area contributed by atoms with Crippen molar-refractivity contribution in [3.63, 3.8) is 0 Å². The van der Waals surface area contributed by atoms with Crippen molar-refractivity contribution in [2.75, 3.05) is 25.0 Å². The molecule has 1 N–H and O–H groups in total. The van der Waals surface area contributed by atoms with Gasteiger partial charge in [-0.25, -0.2) is 4.68 Å². The van der Waals surface area contributed by atoms with Gasteiger partial charge < -0.3 is 10.2 Å². The molecule has 1 aliphatic carbocycles. The van der Waals surface area contributed by atoms with Crippen molar-refractivity contribution >= 4 is 11.7 Å². The van der Waals surface area contributed by atoms with Crippen molar-refractivity contribution < 1.29 is 4.79 Å². The predicted octanol–water partition coefficient (Wildman–Crippen LogP) is 3.50. The molecule has 0 unspecified atom stereocenters. The van der Waals surface area contributed by atoms with Crippen LogP contribution in [0.5, 0.6) is 0 Å². The molecule has 2 aromatic rings. The van der Waals surface area contributed by atoms with Crippen LogP contribution < -0.4 is 5.32 Å². The van der Waals surface area contributed by atoms with Crippen molar-refractivity contribution in [3.8, 4) is 0 Å². The van der Waals surface area contributed by atoms with Crippen LogP contribution in [0, 0.1) is 5.92 Å². The van der Waals surface area contributed by atoms with E-state index in [9.17, 15) is 4.79 Å². The van der Waals surface area contributed by atoms with Gasteiger partial charge in [-0.1, -0.05) is 30.3 Å². The maximum Gasteiger partial charge on any atom is 0.228 e. The first-order valence-corrected chi connectivity index (χ1v) is 9.90. The fourth-order valence-corrected chi connectivity index (χ4v) is 3.82. The van der Waals surface area contributed by atoms with E-state index >= 15 is 0 Å². The molecule has 1 amide bonds. The largest absolute Gasteiger partial charge is 0.311 e. The molecule has 138 valence electrons. The standard InChI is InChI=1S/C21H28N4O/c26-21(18-8-9-18)23-20-10-13-22-25(20)19-11-15-24(16-12-19)14-4-7-17-5-2-1-3-6-17/h1-3,5-6,10,13,18-19H,4,7-9,11-12,14-16H2,(H,23,26). The second-order valence-electron chi connectivity index (χ2n) is 7.59. The Morgan fingerprint density at radius 3 is 2.58 bits per heavy atom. The number of hydrogen-bond donors (Lipinski definition) is 1. The maximum atomic E-state index is 12.0. The zero-order valence-electron chi connectivity index (χ0n) is 15.3. The molecule has 1 aliphatic heterocycles. The van der Waals surface area contributed by atoms with Gasteiger partial charge in [-0.3, -0.25) is 4.79 Å². The highest BCUT2D eigenvalue weighted by atomic mass is 16.2. The molecule has 5 heteroatoms. The maximum absolute atomic E-state index is 12.0. The molecular formula is C21H28N4O. The number of carbonyl (C=O) groups excluding carboxylic acids is 1. The number of aryl methyl sites for hydroxylation is 1. The van der Waals surface area contributed by atoms with E-state index in [1.807, 2.05) is 10.7 Å². The second-order valence-corrected chi connectivity index (χ2v) is 7.59. The minimum Gasteiger partial charge on any atom is -0.311 e. The van der Waals surface area contributed by atoms with Crippen LogP contribution in [-0.4, -0.2) is 40.2 Å². The zero-order valence-corrected chi connectivity index (χ0v) is 15.3. The van der Waals surface area contributed by atoms with Gasteiger partial charge in [-0.2, -0.15) is 5.10 Å². The van der Waals surface area contributed by atoms with Crippen LogP contribution in [0.3, 0.4) is 0 Å². The number of nitrogens with one attached hydrogen (secondary N) is 1. The van der Waals surface area contributed by atoms with Crippen LogP contribution in [0.4, 0.5) is 5.82 Å². The van der Waals surface area contributed by atoms with Crippen LogP contribution in [0.15, 0.2) is 42.6 Å². The molecule has 2 aliphatic rings. The zero-order chi connectivity index (χ0) is 17.8. The Kier molecular flexibility index (Phi) is 5.34. The van der Waals surface area contributed by atoms with Crippen LogP contribution in [0.1, 0.15) is 43.7 Å². The minimum absolute atomic E-state index is 0.157. The van der Waals surface area contributed by atoms with E-state index in [1.165, 1.54) is 12.0 Å². The van der Waals surface area contributed by atoms with Gasteiger partial charge >= 0.3 is 0 Å². The molecule has 5 nitrogen and oxygen atoms in total. The molecule has 0 spiro atoms. The smallest absolute Gasteiger partial charge is 0.228 e. The molecule has 1 aromatic carbocycles. The van der Waals surface area contributed by atoms with Crippen molar-refractivity contribution in [3.05, 3.63) is 48.2 Å². The highest BCUT2D eigenvalue weighted by molar-refractivity contribution is 5.93. The fraction of sp³-hybridized carbons (Fsp3) is 0.524. The number of aromatic nitrogens is 2. The van der Waals surface area contributed by atoms with E-state index in [-0.39, 0.29) is 11.8 Å². The molecular weight excluding hydrogens is 324 g/mol. The van der Waals surface area contributed by atoms with Crippen LogP contribution in [0.25, 0.3) is 0 Å². The van der Waals surface area contributed by atoms with E-state index in [1.54, 1.807) is 6.20 Å². The van der Waals surface area contributed by atoms with Crippen molar-refractivity contribution in [2.24, 2.45) is 5.92 Å². The van der Waals surface area contributed by atoms with Crippen molar-refractivity contribution in [2.45, 2.75) is 44.6 Å². The molecule has 1 aromatic heterocycles. The van der Waals surface area contributed by atoms with E-state index in [2.05, 4.69) is 45.6 Å². The van der Waals surface area contributed by atoms with E-state index in [0.29, 0.717) is 6.04 Å². The molecule has 2 fully saturated rings. The van der Waals surface area contributed by atoms with E-state index in [0.717, 1.165) is 57.6 Å². The molecule has 0 radical (unpaired) electrons. The van der Waals surface area contributed by atoms with Crippen LogP contribution in [0.2, 0.25) is 0 Å². The Labute approximate surface area is 155 Å². The predicted molar refractivity (Wildman–Crippen MR) is 103 cm³/mol. The summed E-state index contributed by atoms with van der Waals surface area (Å²) in [6, 6.07) is 13.0. The van der Waals surface area contributed by atoms with Gasteiger partial charge in [0.05, 0.1) is 12.2 Å². The van der Waals surface area contributed by atoms with Gasteiger partial charge in [0, 0.05) is 25.1 Å². The quantitative estimate of drug-likeness (QED) is 0.830. The first kappa shape index (κ1) is 17.3. The number of carbonyl (C=O) groups is 1. The molecule has 4 rings (SSSR count). The van der Waals surface area contributed by atoms with Gasteiger partial charge in [0.15, 0.2) is 0 Å². The highest BCUT2D eigenvalue weighted by Gasteiger charge is 2.31. The lowest BCUT2D eigenvalue weighted by molar-refractivity contribution is -0.117. The summed E-state index contributed by atoms with van der Waals surface area (Å²) in [5.74, 6) is 1.25. The summed E-state index contributed by atoms with van der Waals surface area (Å²) in [5.41, 5.74) is 1.43. The summed E-state index contributed by atoms with van der Waals surface area (Å²) in [7, 11) is 0. The third-order valence-corrected chi connectivity index (χ3v) is 5.56. The van der Waals surface area contributed by atoms with E-state index < -0.39 is 0 Å². The lowest BCUT2D eigenvalue weighted by Crippen LogP contribution is -2.36. The minimum atomic E-state index is 0.157. The topological polar surface area (TPSA) is 50.2 Å². The van der Waals surface area contributed by atoms with Gasteiger partial charge in [0.2, 0.25) is 5.91 Å². The Bertz CT molecular complexity index is 715. The Morgan fingerprint density at radius 2 is 1.85 bits per heavy atom. The number of anilines is 1. The highest BCUT2D eigenvalue weighted by Crippen LogP contribution is 2.31. The molecule has 1 saturated heterocycles. The Morgan fingerprint density at radius 1 is 1.08 bits per heavy atom. The summed E-state index contributed by atoms with van der Waals surface area (Å²) < 4.78 is 2.03. The average Bonchev–Trinajstić information content (AvgIpc) is 3.43. The lowest BCUT2D eigenvalue weighted by Gasteiger charge is -2.32. The monoisotopic (exact) mass is 352 g/mol. The molecule has 2 heterocycles. The molecule has 0 bridgehead atoms. The average molecular weight is 352 g/mol. The number of benzene rings is 1. The Balaban J connectivity index is 1.23. The van der Waals surface area contributed by atoms with E-state index in [4.69, 9.17) is 0 Å². The summed E-state index contributed by atoms with van der Waals surface area (Å²) in [6.45, 7) is 3.37. The number of likely N-dealkylation sites (tertiary alicyclic amines) is 1. The summed E-state index contributed by atoms with van der Waals surface area (Å²) in [5, 5.41) is 7.54. The van der Waals surface area contributed by atoms with Crippen LogP contribution >= 0.6 is 0 Å². The lowest BCUT2D eigenvalue weighted by atomic mass is 10.0. The summed E-state index contributed by atoms with van der Waals surface area (Å²) in [6.07, 6.45) is 8.41. The number of hydrogen-bond acceptors (Lipinski definition) is 3. The number of rotatable bonds is 7. The van der Waals surface area contributed by atoms with Gasteiger partial charge in [-0.15, -0.1) is 0 Å². The van der Waals surface area contributed by atoms with Crippen LogP contribution in [-0.2, 0) is 11.2 Å². The number of nitrogens with zero attached hydrogens (tertiary/aromatic N) is 3. The number of amides is 1. The third-order valence-electron chi connectivity index (χ3n) is 5.56. The first-order chi connectivity index (χ1) is 12.8. The van der Waals surface area contributed by atoms with Crippen molar-refractivity contribution in [1.82, 2.24) is 14.7 Å². The number of piperidine rings is 1. The second kappa shape index (κ2) is 8.04. The SMILES string of the molecule is O=C(Nc1ccnn1C1CCN(CCCc2ccccc2)CC1)C1CC1. The Hall–Kier alpha value is -2.14. The summed E-state index contributed by atoms with van der Waals surface area (Å²) in [4.78, 5) is 14.6. The van der Waals surface area contributed by atoms with Gasteiger partial charge in [0.25, 0.3) is 0 Å². The van der Waals surface area contributed by atoms with Gasteiger partial charge in [-0.05, 0) is 50.6 Å². The van der Waals surface area contributed by atoms with Gasteiger partial charge in [0.1, 0.15) is 5.82 Å². The normalized spacial score (nSPS) is 18.8. The molecule has 26 heavy (non-hydrogen) atoms.